The van der Waals surface area contributed by atoms with Gasteiger partial charge in [0.1, 0.15) is 0 Å². The SMILES string of the molecule is CCNC(=O)CCSc1ccc(N)c(Cl)c1. The van der Waals surface area contributed by atoms with Crippen LogP contribution in [0.3, 0.4) is 0 Å². The molecule has 0 saturated heterocycles. The summed E-state index contributed by atoms with van der Waals surface area (Å²) in [5.74, 6) is 0.822. The number of carbonyl (C=O) groups excluding carboxylic acids is 1. The molecular weight excluding hydrogens is 244 g/mol. The Labute approximate surface area is 105 Å². The molecule has 0 aliphatic heterocycles. The average molecular weight is 259 g/mol. The van der Waals surface area contributed by atoms with E-state index in [1.807, 2.05) is 19.1 Å². The lowest BCUT2D eigenvalue weighted by molar-refractivity contribution is -0.120. The minimum atomic E-state index is 0.0801. The normalized spacial score (nSPS) is 10.1. The van der Waals surface area contributed by atoms with Crippen molar-refractivity contribution in [1.29, 1.82) is 0 Å². The van der Waals surface area contributed by atoms with Crippen LogP contribution in [0.2, 0.25) is 5.02 Å². The number of amides is 1. The molecule has 1 aromatic carbocycles. The summed E-state index contributed by atoms with van der Waals surface area (Å²) in [6.07, 6.45) is 0.514. The van der Waals surface area contributed by atoms with Gasteiger partial charge < -0.3 is 11.1 Å². The van der Waals surface area contributed by atoms with Crippen molar-refractivity contribution in [1.82, 2.24) is 5.32 Å². The van der Waals surface area contributed by atoms with E-state index in [1.165, 1.54) is 0 Å². The van der Waals surface area contributed by atoms with Crippen molar-refractivity contribution in [2.45, 2.75) is 18.2 Å². The predicted octanol–water partition coefficient (Wildman–Crippen LogP) is 2.54. The Morgan fingerprint density at radius 2 is 2.31 bits per heavy atom. The first-order chi connectivity index (χ1) is 7.63. The highest BCUT2D eigenvalue weighted by atomic mass is 35.5. The molecule has 1 amide bonds. The highest BCUT2D eigenvalue weighted by molar-refractivity contribution is 7.99. The Balaban J connectivity index is 2.37. The number of nitrogens with two attached hydrogens (primary N) is 1. The number of benzene rings is 1. The van der Waals surface area contributed by atoms with E-state index in [1.54, 1.807) is 17.8 Å². The zero-order valence-corrected chi connectivity index (χ0v) is 10.7. The van der Waals surface area contributed by atoms with Gasteiger partial charge in [-0.05, 0) is 25.1 Å². The number of thioether (sulfide) groups is 1. The van der Waals surface area contributed by atoms with Gasteiger partial charge in [-0.25, -0.2) is 0 Å². The Morgan fingerprint density at radius 3 is 2.94 bits per heavy atom. The Bertz CT molecular complexity index is 371. The zero-order valence-electron chi connectivity index (χ0n) is 9.13. The number of rotatable bonds is 5. The summed E-state index contributed by atoms with van der Waals surface area (Å²) in [4.78, 5) is 12.2. The molecule has 0 aromatic heterocycles. The molecule has 88 valence electrons. The summed E-state index contributed by atoms with van der Waals surface area (Å²) in [5.41, 5.74) is 6.18. The number of nitrogens with one attached hydrogen (secondary N) is 1. The second-order valence-electron chi connectivity index (χ2n) is 3.24. The van der Waals surface area contributed by atoms with Gasteiger partial charge in [-0.3, -0.25) is 4.79 Å². The van der Waals surface area contributed by atoms with E-state index in [9.17, 15) is 4.79 Å². The van der Waals surface area contributed by atoms with Gasteiger partial charge in [-0.15, -0.1) is 11.8 Å². The van der Waals surface area contributed by atoms with Crippen LogP contribution in [0.1, 0.15) is 13.3 Å². The molecule has 5 heteroatoms. The molecule has 0 bridgehead atoms. The van der Waals surface area contributed by atoms with Crippen LogP contribution in [-0.2, 0) is 4.79 Å². The minimum absolute atomic E-state index is 0.0801. The molecule has 1 rings (SSSR count). The lowest BCUT2D eigenvalue weighted by Crippen LogP contribution is -2.22. The molecule has 3 nitrogen and oxygen atoms in total. The van der Waals surface area contributed by atoms with Crippen molar-refractivity contribution in [3.05, 3.63) is 23.2 Å². The van der Waals surface area contributed by atoms with Crippen molar-refractivity contribution in [2.75, 3.05) is 18.0 Å². The van der Waals surface area contributed by atoms with Gasteiger partial charge in [0.15, 0.2) is 0 Å². The smallest absolute Gasteiger partial charge is 0.220 e. The van der Waals surface area contributed by atoms with E-state index in [0.717, 1.165) is 10.6 Å². The van der Waals surface area contributed by atoms with Crippen LogP contribution in [0.5, 0.6) is 0 Å². The lowest BCUT2D eigenvalue weighted by atomic mass is 10.3. The highest BCUT2D eigenvalue weighted by Gasteiger charge is 2.02. The van der Waals surface area contributed by atoms with Gasteiger partial charge in [0.25, 0.3) is 0 Å². The van der Waals surface area contributed by atoms with E-state index < -0.39 is 0 Å². The first-order valence-electron chi connectivity index (χ1n) is 5.08. The van der Waals surface area contributed by atoms with Gasteiger partial charge >= 0.3 is 0 Å². The van der Waals surface area contributed by atoms with Gasteiger partial charge in [0.05, 0.1) is 10.7 Å². The molecule has 0 aliphatic carbocycles. The fraction of sp³-hybridized carbons (Fsp3) is 0.364. The van der Waals surface area contributed by atoms with E-state index in [2.05, 4.69) is 5.32 Å². The summed E-state index contributed by atoms with van der Waals surface area (Å²) < 4.78 is 0. The van der Waals surface area contributed by atoms with Crippen molar-refractivity contribution in [3.8, 4) is 0 Å². The Kier molecular flexibility index (Phi) is 5.49. The third kappa shape index (κ3) is 4.33. The maximum absolute atomic E-state index is 11.2. The third-order valence-corrected chi connectivity index (χ3v) is 3.27. The molecule has 1 aromatic rings. The third-order valence-electron chi connectivity index (χ3n) is 1.94. The van der Waals surface area contributed by atoms with Crippen LogP contribution in [0.25, 0.3) is 0 Å². The molecular formula is C11H15ClN2OS. The summed E-state index contributed by atoms with van der Waals surface area (Å²) >= 11 is 7.48. The van der Waals surface area contributed by atoms with E-state index >= 15 is 0 Å². The molecule has 3 N–H and O–H groups in total. The number of hydrogen-bond acceptors (Lipinski definition) is 3. The average Bonchev–Trinajstić information content (AvgIpc) is 2.24. The predicted molar refractivity (Wildman–Crippen MR) is 69.9 cm³/mol. The molecule has 0 unspecified atom stereocenters. The summed E-state index contributed by atoms with van der Waals surface area (Å²) in [5, 5.41) is 3.31. The van der Waals surface area contributed by atoms with Gasteiger partial charge in [0.2, 0.25) is 5.91 Å². The summed E-state index contributed by atoms with van der Waals surface area (Å²) in [6, 6.07) is 5.50. The first kappa shape index (κ1) is 13.2. The molecule has 0 radical (unpaired) electrons. The fourth-order valence-electron chi connectivity index (χ4n) is 1.14. The van der Waals surface area contributed by atoms with E-state index in [4.69, 9.17) is 17.3 Å². The minimum Gasteiger partial charge on any atom is -0.398 e. The number of nitrogen functional groups attached to an aromatic ring is 1. The maximum Gasteiger partial charge on any atom is 0.220 e. The molecule has 16 heavy (non-hydrogen) atoms. The maximum atomic E-state index is 11.2. The number of halogens is 1. The van der Waals surface area contributed by atoms with Gasteiger partial charge in [-0.2, -0.15) is 0 Å². The van der Waals surface area contributed by atoms with Crippen molar-refractivity contribution in [2.24, 2.45) is 0 Å². The number of hydrogen-bond donors (Lipinski definition) is 2. The van der Waals surface area contributed by atoms with Gasteiger partial charge in [0, 0.05) is 23.6 Å². The molecule has 0 heterocycles. The molecule has 0 fully saturated rings. The van der Waals surface area contributed by atoms with Crippen LogP contribution < -0.4 is 11.1 Å². The Hall–Kier alpha value is -0.870. The van der Waals surface area contributed by atoms with E-state index in [0.29, 0.717) is 23.7 Å². The highest BCUT2D eigenvalue weighted by Crippen LogP contribution is 2.26. The molecule has 0 atom stereocenters. The second-order valence-corrected chi connectivity index (χ2v) is 4.81. The van der Waals surface area contributed by atoms with Crippen molar-refractivity contribution >= 4 is 35.0 Å². The Morgan fingerprint density at radius 1 is 1.56 bits per heavy atom. The second kappa shape index (κ2) is 6.66. The molecule has 0 saturated carbocycles. The quantitative estimate of drug-likeness (QED) is 0.630. The summed E-state index contributed by atoms with van der Waals surface area (Å²) in [7, 11) is 0. The number of anilines is 1. The summed E-state index contributed by atoms with van der Waals surface area (Å²) in [6.45, 7) is 2.59. The van der Waals surface area contributed by atoms with Gasteiger partial charge in [-0.1, -0.05) is 11.6 Å². The van der Waals surface area contributed by atoms with Crippen LogP contribution in [0.15, 0.2) is 23.1 Å². The van der Waals surface area contributed by atoms with E-state index in [-0.39, 0.29) is 5.91 Å². The molecule has 0 aliphatic rings. The number of carbonyl (C=O) groups is 1. The first-order valence-corrected chi connectivity index (χ1v) is 6.44. The van der Waals surface area contributed by atoms with Crippen molar-refractivity contribution in [3.63, 3.8) is 0 Å². The fourth-order valence-corrected chi connectivity index (χ4v) is 2.28. The van der Waals surface area contributed by atoms with Crippen LogP contribution in [0.4, 0.5) is 5.69 Å². The van der Waals surface area contributed by atoms with Crippen LogP contribution in [0, 0.1) is 0 Å². The largest absolute Gasteiger partial charge is 0.398 e. The standard InChI is InChI=1S/C11H15ClN2OS/c1-2-14-11(15)5-6-16-8-3-4-10(13)9(12)7-8/h3-4,7H,2,5-6,13H2,1H3,(H,14,15). The van der Waals surface area contributed by atoms with Crippen LogP contribution in [-0.4, -0.2) is 18.2 Å². The van der Waals surface area contributed by atoms with Crippen LogP contribution >= 0.6 is 23.4 Å². The topological polar surface area (TPSA) is 55.1 Å². The lowest BCUT2D eigenvalue weighted by Gasteiger charge is -2.04. The monoisotopic (exact) mass is 258 g/mol. The zero-order chi connectivity index (χ0) is 12.0. The van der Waals surface area contributed by atoms with Crippen molar-refractivity contribution < 1.29 is 4.79 Å². The molecule has 0 spiro atoms.